The molecular weight excluding hydrogens is 264 g/mol. The van der Waals surface area contributed by atoms with Crippen LogP contribution >= 0.6 is 0 Å². The maximum atomic E-state index is 12.0. The number of hydrogen-bond donors (Lipinski definition) is 2. The largest absolute Gasteiger partial charge is 0.435 e. The molecule has 0 radical (unpaired) electrons. The van der Waals surface area contributed by atoms with Gasteiger partial charge in [0, 0.05) is 5.69 Å². The number of nitrogens with one attached hydrogen (secondary N) is 1. The van der Waals surface area contributed by atoms with Crippen LogP contribution in [0.5, 0.6) is 5.75 Å². The lowest BCUT2D eigenvalue weighted by Crippen LogP contribution is -2.02. The number of nitriles is 1. The van der Waals surface area contributed by atoms with E-state index in [-0.39, 0.29) is 5.75 Å². The summed E-state index contributed by atoms with van der Waals surface area (Å²) in [7, 11) is 0. The van der Waals surface area contributed by atoms with Gasteiger partial charge in [-0.15, -0.1) is 0 Å². The number of rotatable bonds is 4. The predicted molar refractivity (Wildman–Crippen MR) is 71.9 cm³/mol. The number of nitrogen functional groups attached to an aromatic ring is 1. The summed E-state index contributed by atoms with van der Waals surface area (Å²) in [5.74, 6) is 0.0818. The number of anilines is 3. The molecule has 0 unspecified atom stereocenters. The normalized spacial score (nSPS) is 10.1. The van der Waals surface area contributed by atoms with Crippen LogP contribution < -0.4 is 15.8 Å². The monoisotopic (exact) mass is 275 g/mol. The molecule has 0 fully saturated rings. The highest BCUT2D eigenvalue weighted by Gasteiger charge is 2.05. The highest BCUT2D eigenvalue weighted by atomic mass is 19.3. The predicted octanol–water partition coefficient (Wildman–Crippen LogP) is 3.49. The second-order valence-electron chi connectivity index (χ2n) is 3.94. The average Bonchev–Trinajstić information content (AvgIpc) is 2.42. The number of ether oxygens (including phenoxy) is 1. The first-order valence-electron chi connectivity index (χ1n) is 5.70. The Balaban J connectivity index is 2.12. The molecule has 102 valence electrons. The molecule has 3 N–H and O–H groups in total. The van der Waals surface area contributed by atoms with Crippen molar-refractivity contribution in [2.75, 3.05) is 11.1 Å². The van der Waals surface area contributed by atoms with Crippen molar-refractivity contribution in [3.05, 3.63) is 48.0 Å². The van der Waals surface area contributed by atoms with Crippen LogP contribution in [0.25, 0.3) is 0 Å². The third kappa shape index (κ3) is 3.36. The van der Waals surface area contributed by atoms with Crippen LogP contribution in [-0.2, 0) is 0 Å². The summed E-state index contributed by atoms with van der Waals surface area (Å²) in [4.78, 5) is 0. The van der Waals surface area contributed by atoms with Crippen molar-refractivity contribution in [1.29, 1.82) is 5.26 Å². The van der Waals surface area contributed by atoms with Gasteiger partial charge in [-0.25, -0.2) is 0 Å². The summed E-state index contributed by atoms with van der Waals surface area (Å²) in [5.41, 5.74) is 8.00. The average molecular weight is 275 g/mol. The molecular formula is C14H11F2N3O. The van der Waals surface area contributed by atoms with Crippen molar-refractivity contribution in [2.24, 2.45) is 0 Å². The quantitative estimate of drug-likeness (QED) is 0.838. The number of hydrogen-bond acceptors (Lipinski definition) is 4. The molecule has 2 rings (SSSR count). The fourth-order valence-electron chi connectivity index (χ4n) is 1.62. The maximum Gasteiger partial charge on any atom is 0.387 e. The highest BCUT2D eigenvalue weighted by Crippen LogP contribution is 2.25. The van der Waals surface area contributed by atoms with E-state index in [1.165, 1.54) is 12.1 Å². The van der Waals surface area contributed by atoms with Gasteiger partial charge in [-0.1, -0.05) is 0 Å². The van der Waals surface area contributed by atoms with Crippen molar-refractivity contribution in [1.82, 2.24) is 0 Å². The van der Waals surface area contributed by atoms with Crippen LogP contribution in [-0.4, -0.2) is 6.61 Å². The van der Waals surface area contributed by atoms with Crippen molar-refractivity contribution in [3.8, 4) is 11.8 Å². The molecule has 0 bridgehead atoms. The molecule has 0 atom stereocenters. The summed E-state index contributed by atoms with van der Waals surface area (Å²) in [6, 6.07) is 12.9. The fourth-order valence-corrected chi connectivity index (χ4v) is 1.62. The highest BCUT2D eigenvalue weighted by molar-refractivity contribution is 5.74. The van der Waals surface area contributed by atoms with E-state index < -0.39 is 6.61 Å². The summed E-state index contributed by atoms with van der Waals surface area (Å²) in [5, 5.41) is 11.8. The van der Waals surface area contributed by atoms with Crippen LogP contribution in [0.3, 0.4) is 0 Å². The van der Waals surface area contributed by atoms with Gasteiger partial charge in [-0.05, 0) is 42.5 Å². The maximum absolute atomic E-state index is 12.0. The van der Waals surface area contributed by atoms with Crippen LogP contribution in [0, 0.1) is 11.3 Å². The third-order valence-electron chi connectivity index (χ3n) is 2.54. The first-order valence-corrected chi connectivity index (χ1v) is 5.70. The zero-order valence-electron chi connectivity index (χ0n) is 10.3. The summed E-state index contributed by atoms with van der Waals surface area (Å²) in [6.45, 7) is -2.84. The topological polar surface area (TPSA) is 71.1 Å². The third-order valence-corrected chi connectivity index (χ3v) is 2.54. The van der Waals surface area contributed by atoms with E-state index in [0.717, 1.165) is 0 Å². The molecule has 6 heteroatoms. The molecule has 0 spiro atoms. The smallest absolute Gasteiger partial charge is 0.387 e. The van der Waals surface area contributed by atoms with E-state index in [0.29, 0.717) is 22.6 Å². The molecule has 2 aromatic carbocycles. The minimum atomic E-state index is -2.84. The minimum absolute atomic E-state index is 0.0818. The summed E-state index contributed by atoms with van der Waals surface area (Å²) >= 11 is 0. The van der Waals surface area contributed by atoms with E-state index >= 15 is 0 Å². The second kappa shape index (κ2) is 5.89. The lowest BCUT2D eigenvalue weighted by atomic mass is 10.2. The van der Waals surface area contributed by atoms with Gasteiger partial charge in [-0.3, -0.25) is 0 Å². The molecule has 20 heavy (non-hydrogen) atoms. The first-order chi connectivity index (χ1) is 9.58. The van der Waals surface area contributed by atoms with E-state index in [2.05, 4.69) is 10.1 Å². The van der Waals surface area contributed by atoms with Crippen LogP contribution in [0.15, 0.2) is 42.5 Å². The van der Waals surface area contributed by atoms with Crippen molar-refractivity contribution in [3.63, 3.8) is 0 Å². The Bertz CT molecular complexity index is 636. The Morgan fingerprint density at radius 1 is 1.15 bits per heavy atom. The van der Waals surface area contributed by atoms with Gasteiger partial charge in [0.1, 0.15) is 5.75 Å². The van der Waals surface area contributed by atoms with Crippen LogP contribution in [0.4, 0.5) is 25.8 Å². The Hall–Kier alpha value is -2.81. The SMILES string of the molecule is N#Cc1ccc(Nc2ccc(OC(F)F)cc2)c(N)c1. The molecule has 4 nitrogen and oxygen atoms in total. The number of alkyl halides is 2. The molecule has 0 amide bonds. The Morgan fingerprint density at radius 2 is 1.85 bits per heavy atom. The van der Waals surface area contributed by atoms with E-state index in [1.807, 2.05) is 6.07 Å². The Kier molecular flexibility index (Phi) is 4.01. The zero-order chi connectivity index (χ0) is 14.5. The van der Waals surface area contributed by atoms with Crippen LogP contribution in [0.1, 0.15) is 5.56 Å². The van der Waals surface area contributed by atoms with Gasteiger partial charge in [0.15, 0.2) is 0 Å². The van der Waals surface area contributed by atoms with Gasteiger partial charge in [0.2, 0.25) is 0 Å². The van der Waals surface area contributed by atoms with Gasteiger partial charge in [0.05, 0.1) is 23.0 Å². The van der Waals surface area contributed by atoms with E-state index in [9.17, 15) is 8.78 Å². The van der Waals surface area contributed by atoms with E-state index in [4.69, 9.17) is 11.0 Å². The fraction of sp³-hybridized carbons (Fsp3) is 0.0714. The zero-order valence-corrected chi connectivity index (χ0v) is 10.3. The van der Waals surface area contributed by atoms with Crippen LogP contribution in [0.2, 0.25) is 0 Å². The molecule has 0 aliphatic carbocycles. The first kappa shape index (κ1) is 13.6. The molecule has 0 aliphatic rings. The summed E-state index contributed by atoms with van der Waals surface area (Å²) in [6.07, 6.45) is 0. The molecule has 2 aromatic rings. The minimum Gasteiger partial charge on any atom is -0.435 e. The van der Waals surface area contributed by atoms with Gasteiger partial charge in [-0.2, -0.15) is 14.0 Å². The molecule has 0 aliphatic heterocycles. The van der Waals surface area contributed by atoms with Gasteiger partial charge < -0.3 is 15.8 Å². The molecule has 0 heterocycles. The number of halogens is 2. The lowest BCUT2D eigenvalue weighted by Gasteiger charge is -2.10. The van der Waals surface area contributed by atoms with Crippen molar-refractivity contribution < 1.29 is 13.5 Å². The molecule has 0 saturated heterocycles. The standard InChI is InChI=1S/C14H11F2N3O/c15-14(16)20-11-4-2-10(3-5-11)19-13-6-1-9(8-17)7-12(13)18/h1-7,14,19H,18H2. The molecule has 0 saturated carbocycles. The van der Waals surface area contributed by atoms with Gasteiger partial charge in [0.25, 0.3) is 0 Å². The van der Waals surface area contributed by atoms with E-state index in [1.54, 1.807) is 30.3 Å². The number of benzene rings is 2. The Labute approximate surface area is 114 Å². The summed E-state index contributed by atoms with van der Waals surface area (Å²) < 4.78 is 28.3. The Morgan fingerprint density at radius 3 is 2.40 bits per heavy atom. The van der Waals surface area contributed by atoms with Crippen molar-refractivity contribution in [2.45, 2.75) is 6.61 Å². The number of nitrogens with two attached hydrogens (primary N) is 1. The lowest BCUT2D eigenvalue weighted by molar-refractivity contribution is -0.0498. The van der Waals surface area contributed by atoms with Crippen molar-refractivity contribution >= 4 is 17.1 Å². The van der Waals surface area contributed by atoms with Gasteiger partial charge >= 0.3 is 6.61 Å². The molecule has 0 aromatic heterocycles. The number of nitrogens with zero attached hydrogens (tertiary/aromatic N) is 1. The second-order valence-corrected chi connectivity index (χ2v) is 3.94.